The molecule has 1 fully saturated rings. The van der Waals surface area contributed by atoms with E-state index in [4.69, 9.17) is 11.6 Å². The Bertz CT molecular complexity index is 761. The van der Waals surface area contributed by atoms with Gasteiger partial charge < -0.3 is 10.2 Å². The lowest BCUT2D eigenvalue weighted by Crippen LogP contribution is -2.37. The monoisotopic (exact) mass is 343 g/mol. The lowest BCUT2D eigenvalue weighted by Gasteiger charge is -2.17. The number of halogens is 1. The Labute approximate surface area is 145 Å². The maximum absolute atomic E-state index is 12.7. The summed E-state index contributed by atoms with van der Waals surface area (Å²) >= 11 is 5.91. The van der Waals surface area contributed by atoms with Crippen LogP contribution < -0.4 is 5.32 Å². The van der Waals surface area contributed by atoms with Crippen molar-refractivity contribution in [2.24, 2.45) is 0 Å². The number of amides is 2. The van der Waals surface area contributed by atoms with Gasteiger partial charge >= 0.3 is 0 Å². The van der Waals surface area contributed by atoms with Crippen LogP contribution in [0.2, 0.25) is 5.02 Å². The van der Waals surface area contributed by atoms with Crippen molar-refractivity contribution in [1.82, 2.24) is 15.2 Å². The standard InChI is InChI=1S/C18H18ClN3O2/c1-12(23)21-17-6-7-22(11-17)18(24)15-8-14(9-20-10-15)13-2-4-16(19)5-3-13/h2-5,8-10,17H,6-7,11H2,1H3,(H,21,23). The van der Waals surface area contributed by atoms with Gasteiger partial charge in [-0.15, -0.1) is 0 Å². The lowest BCUT2D eigenvalue weighted by atomic mass is 10.1. The molecule has 2 heterocycles. The molecule has 1 atom stereocenters. The second-order valence-electron chi connectivity index (χ2n) is 5.91. The molecular formula is C18H18ClN3O2. The maximum Gasteiger partial charge on any atom is 0.255 e. The Balaban J connectivity index is 1.75. The predicted molar refractivity (Wildman–Crippen MR) is 92.8 cm³/mol. The highest BCUT2D eigenvalue weighted by Gasteiger charge is 2.27. The Morgan fingerprint density at radius 1 is 1.21 bits per heavy atom. The zero-order valence-electron chi connectivity index (χ0n) is 13.3. The van der Waals surface area contributed by atoms with E-state index in [1.165, 1.54) is 6.92 Å². The number of nitrogens with zero attached hydrogens (tertiary/aromatic N) is 2. The molecule has 1 aromatic heterocycles. The van der Waals surface area contributed by atoms with E-state index in [0.717, 1.165) is 17.5 Å². The van der Waals surface area contributed by atoms with E-state index < -0.39 is 0 Å². The third-order valence-electron chi connectivity index (χ3n) is 4.05. The molecule has 0 bridgehead atoms. The van der Waals surface area contributed by atoms with Crippen LogP contribution >= 0.6 is 11.6 Å². The van der Waals surface area contributed by atoms with E-state index >= 15 is 0 Å². The van der Waals surface area contributed by atoms with E-state index in [1.807, 2.05) is 30.3 Å². The summed E-state index contributed by atoms with van der Waals surface area (Å²) in [6.07, 6.45) is 4.08. The summed E-state index contributed by atoms with van der Waals surface area (Å²) < 4.78 is 0. The number of likely N-dealkylation sites (tertiary alicyclic amines) is 1. The largest absolute Gasteiger partial charge is 0.352 e. The van der Waals surface area contributed by atoms with Gasteiger partial charge in [-0.05, 0) is 30.2 Å². The number of nitrogens with one attached hydrogen (secondary N) is 1. The highest BCUT2D eigenvalue weighted by molar-refractivity contribution is 6.30. The summed E-state index contributed by atoms with van der Waals surface area (Å²) in [5.41, 5.74) is 2.38. The van der Waals surface area contributed by atoms with Gasteiger partial charge in [-0.25, -0.2) is 0 Å². The quantitative estimate of drug-likeness (QED) is 0.932. The highest BCUT2D eigenvalue weighted by atomic mass is 35.5. The van der Waals surface area contributed by atoms with Crippen LogP contribution in [0.4, 0.5) is 0 Å². The van der Waals surface area contributed by atoms with Crippen LogP contribution in [0.5, 0.6) is 0 Å². The predicted octanol–water partition coefficient (Wildman–Crippen LogP) is 2.75. The van der Waals surface area contributed by atoms with Crippen LogP contribution in [0.3, 0.4) is 0 Å². The van der Waals surface area contributed by atoms with E-state index in [9.17, 15) is 9.59 Å². The number of aromatic nitrogens is 1. The number of carbonyl (C=O) groups excluding carboxylic acids is 2. The van der Waals surface area contributed by atoms with Crippen molar-refractivity contribution >= 4 is 23.4 Å². The summed E-state index contributed by atoms with van der Waals surface area (Å²) in [7, 11) is 0. The van der Waals surface area contributed by atoms with E-state index in [0.29, 0.717) is 23.7 Å². The summed E-state index contributed by atoms with van der Waals surface area (Å²) in [6, 6.07) is 9.28. The van der Waals surface area contributed by atoms with Gasteiger partial charge in [-0.3, -0.25) is 14.6 Å². The van der Waals surface area contributed by atoms with Crippen molar-refractivity contribution in [1.29, 1.82) is 0 Å². The summed E-state index contributed by atoms with van der Waals surface area (Å²) in [6.45, 7) is 2.66. The van der Waals surface area contributed by atoms with Gasteiger partial charge in [-0.1, -0.05) is 23.7 Å². The van der Waals surface area contributed by atoms with Gasteiger partial charge in [0.2, 0.25) is 5.91 Å². The van der Waals surface area contributed by atoms with Crippen LogP contribution in [0.15, 0.2) is 42.7 Å². The molecule has 1 N–H and O–H groups in total. The number of pyridine rings is 1. The van der Waals surface area contributed by atoms with Crippen LogP contribution in [-0.2, 0) is 4.79 Å². The Morgan fingerprint density at radius 3 is 2.67 bits per heavy atom. The zero-order valence-corrected chi connectivity index (χ0v) is 14.1. The Kier molecular flexibility index (Phi) is 4.81. The molecule has 1 aromatic carbocycles. The summed E-state index contributed by atoms with van der Waals surface area (Å²) in [5.74, 6) is -0.133. The molecule has 24 heavy (non-hydrogen) atoms. The topological polar surface area (TPSA) is 62.3 Å². The van der Waals surface area contributed by atoms with Gasteiger partial charge in [0, 0.05) is 49.0 Å². The van der Waals surface area contributed by atoms with Crippen molar-refractivity contribution < 1.29 is 9.59 Å². The molecule has 1 aliphatic heterocycles. The van der Waals surface area contributed by atoms with Crippen molar-refractivity contribution in [2.45, 2.75) is 19.4 Å². The van der Waals surface area contributed by atoms with Crippen LogP contribution in [0.1, 0.15) is 23.7 Å². The van der Waals surface area contributed by atoms with Crippen molar-refractivity contribution in [3.8, 4) is 11.1 Å². The van der Waals surface area contributed by atoms with Gasteiger partial charge in [0.1, 0.15) is 0 Å². The van der Waals surface area contributed by atoms with Crippen molar-refractivity contribution in [3.05, 3.63) is 53.3 Å². The average molecular weight is 344 g/mol. The molecule has 2 aromatic rings. The summed E-state index contributed by atoms with van der Waals surface area (Å²) in [5, 5.41) is 3.53. The third kappa shape index (κ3) is 3.74. The second kappa shape index (κ2) is 7.01. The van der Waals surface area contributed by atoms with Gasteiger partial charge in [0.25, 0.3) is 5.91 Å². The minimum absolute atomic E-state index is 0.0267. The molecule has 1 unspecified atom stereocenters. The summed E-state index contributed by atoms with van der Waals surface area (Å²) in [4.78, 5) is 29.8. The number of hydrogen-bond acceptors (Lipinski definition) is 3. The molecular weight excluding hydrogens is 326 g/mol. The fourth-order valence-corrected chi connectivity index (χ4v) is 3.02. The van der Waals surface area contributed by atoms with Crippen LogP contribution in [-0.4, -0.2) is 40.8 Å². The lowest BCUT2D eigenvalue weighted by molar-refractivity contribution is -0.119. The molecule has 2 amide bonds. The smallest absolute Gasteiger partial charge is 0.255 e. The number of hydrogen-bond donors (Lipinski definition) is 1. The molecule has 5 nitrogen and oxygen atoms in total. The van der Waals surface area contributed by atoms with Gasteiger partial charge in [0.05, 0.1) is 5.56 Å². The minimum Gasteiger partial charge on any atom is -0.352 e. The highest BCUT2D eigenvalue weighted by Crippen LogP contribution is 2.22. The molecule has 0 saturated carbocycles. The van der Waals surface area contributed by atoms with Crippen LogP contribution in [0.25, 0.3) is 11.1 Å². The number of benzene rings is 1. The first kappa shape index (κ1) is 16.5. The van der Waals surface area contributed by atoms with E-state index in [1.54, 1.807) is 17.3 Å². The average Bonchev–Trinajstić information content (AvgIpc) is 3.02. The fourth-order valence-electron chi connectivity index (χ4n) is 2.89. The molecule has 3 rings (SSSR count). The van der Waals surface area contributed by atoms with Gasteiger partial charge in [-0.2, -0.15) is 0 Å². The molecule has 1 saturated heterocycles. The molecule has 6 heteroatoms. The van der Waals surface area contributed by atoms with Gasteiger partial charge in [0.15, 0.2) is 0 Å². The third-order valence-corrected chi connectivity index (χ3v) is 4.30. The minimum atomic E-state index is -0.0688. The Hall–Kier alpha value is -2.40. The number of rotatable bonds is 3. The molecule has 0 radical (unpaired) electrons. The van der Waals surface area contributed by atoms with E-state index in [2.05, 4.69) is 10.3 Å². The second-order valence-corrected chi connectivity index (χ2v) is 6.34. The molecule has 0 aliphatic carbocycles. The van der Waals surface area contributed by atoms with Crippen LogP contribution in [0, 0.1) is 0 Å². The van der Waals surface area contributed by atoms with Crippen molar-refractivity contribution in [3.63, 3.8) is 0 Å². The number of carbonyl (C=O) groups is 2. The van der Waals surface area contributed by atoms with Crippen molar-refractivity contribution in [2.75, 3.05) is 13.1 Å². The molecule has 0 spiro atoms. The molecule has 124 valence electrons. The normalized spacial score (nSPS) is 16.9. The van der Waals surface area contributed by atoms with E-state index in [-0.39, 0.29) is 17.9 Å². The fraction of sp³-hybridized carbons (Fsp3) is 0.278. The maximum atomic E-state index is 12.7. The molecule has 1 aliphatic rings. The first-order valence-corrected chi connectivity index (χ1v) is 8.18. The SMILES string of the molecule is CC(=O)NC1CCN(C(=O)c2cncc(-c3ccc(Cl)cc3)c2)C1. The zero-order chi connectivity index (χ0) is 17.1. The first-order valence-electron chi connectivity index (χ1n) is 7.80. The first-order chi connectivity index (χ1) is 11.5. The Morgan fingerprint density at radius 2 is 1.96 bits per heavy atom.